The second-order valence-electron chi connectivity index (χ2n) is 5.19. The summed E-state index contributed by atoms with van der Waals surface area (Å²) in [5.74, 6) is 0.901. The SMILES string of the molecule is C[C@@H]1Oc2ccccc2C=C1C=CC(=O)c1ccc(O)cc1. The Hall–Kier alpha value is -2.81. The van der Waals surface area contributed by atoms with E-state index in [9.17, 15) is 9.90 Å². The molecule has 0 fully saturated rings. The number of ether oxygens (including phenoxy) is 1. The van der Waals surface area contributed by atoms with E-state index in [0.29, 0.717) is 5.56 Å². The van der Waals surface area contributed by atoms with Crippen LogP contribution < -0.4 is 4.74 Å². The molecule has 2 aromatic rings. The number of allylic oxidation sites excluding steroid dienone is 1. The van der Waals surface area contributed by atoms with Gasteiger partial charge in [-0.15, -0.1) is 0 Å². The van der Waals surface area contributed by atoms with Crippen molar-refractivity contribution in [2.24, 2.45) is 0 Å². The molecule has 1 atom stereocenters. The molecule has 0 spiro atoms. The molecule has 1 aliphatic heterocycles. The molecule has 0 saturated heterocycles. The highest BCUT2D eigenvalue weighted by molar-refractivity contribution is 6.04. The van der Waals surface area contributed by atoms with Gasteiger partial charge in [0.2, 0.25) is 0 Å². The number of hydrogen-bond acceptors (Lipinski definition) is 3. The van der Waals surface area contributed by atoms with Crippen molar-refractivity contribution in [1.29, 1.82) is 0 Å². The minimum atomic E-state index is -0.105. The summed E-state index contributed by atoms with van der Waals surface area (Å²) in [6.45, 7) is 1.96. The lowest BCUT2D eigenvalue weighted by Gasteiger charge is -2.22. The summed E-state index contributed by atoms with van der Waals surface area (Å²) in [5, 5.41) is 9.24. The third kappa shape index (κ3) is 2.93. The number of carbonyl (C=O) groups is 1. The van der Waals surface area contributed by atoms with E-state index in [1.165, 1.54) is 18.2 Å². The summed E-state index contributed by atoms with van der Waals surface area (Å²) in [6.07, 6.45) is 5.25. The normalized spacial score (nSPS) is 16.8. The summed E-state index contributed by atoms with van der Waals surface area (Å²) in [4.78, 5) is 12.1. The van der Waals surface area contributed by atoms with Gasteiger partial charge in [-0.05, 0) is 55.0 Å². The standard InChI is InChI=1S/C19H16O3/c1-13-15(12-16-4-2-3-5-19(16)22-13)8-11-18(21)14-6-9-17(20)10-7-14/h2-13,20H,1H3/t13-/m0/s1. The molecule has 0 aliphatic carbocycles. The van der Waals surface area contributed by atoms with Gasteiger partial charge in [-0.25, -0.2) is 0 Å². The molecule has 0 bridgehead atoms. The highest BCUT2D eigenvalue weighted by Gasteiger charge is 2.16. The van der Waals surface area contributed by atoms with E-state index in [1.807, 2.05) is 37.3 Å². The van der Waals surface area contributed by atoms with Crippen LogP contribution in [0.3, 0.4) is 0 Å². The molecule has 3 nitrogen and oxygen atoms in total. The third-order valence-electron chi connectivity index (χ3n) is 3.59. The largest absolute Gasteiger partial charge is 0.508 e. The quantitative estimate of drug-likeness (QED) is 0.687. The maximum Gasteiger partial charge on any atom is 0.185 e. The van der Waals surface area contributed by atoms with E-state index in [-0.39, 0.29) is 17.6 Å². The van der Waals surface area contributed by atoms with E-state index in [1.54, 1.807) is 18.2 Å². The van der Waals surface area contributed by atoms with Gasteiger partial charge < -0.3 is 9.84 Å². The minimum Gasteiger partial charge on any atom is -0.508 e. The molecule has 110 valence electrons. The van der Waals surface area contributed by atoms with Crippen LogP contribution in [-0.4, -0.2) is 17.0 Å². The Morgan fingerprint density at radius 1 is 1.14 bits per heavy atom. The van der Waals surface area contributed by atoms with Gasteiger partial charge in [-0.3, -0.25) is 4.79 Å². The highest BCUT2D eigenvalue weighted by Crippen LogP contribution is 2.29. The zero-order chi connectivity index (χ0) is 15.5. The van der Waals surface area contributed by atoms with Crippen LogP contribution in [0.1, 0.15) is 22.8 Å². The first-order valence-electron chi connectivity index (χ1n) is 7.12. The summed E-state index contributed by atoms with van der Waals surface area (Å²) in [7, 11) is 0. The number of ketones is 1. The Morgan fingerprint density at radius 2 is 1.86 bits per heavy atom. The maximum atomic E-state index is 12.1. The van der Waals surface area contributed by atoms with Crippen molar-refractivity contribution in [1.82, 2.24) is 0 Å². The van der Waals surface area contributed by atoms with Crippen LogP contribution in [0, 0.1) is 0 Å². The summed E-state index contributed by atoms with van der Waals surface area (Å²) < 4.78 is 5.83. The van der Waals surface area contributed by atoms with Crippen molar-refractivity contribution >= 4 is 11.9 Å². The fourth-order valence-corrected chi connectivity index (χ4v) is 2.34. The number of phenolic OH excluding ortho intramolecular Hbond substituents is 1. The number of fused-ring (bicyclic) bond motifs is 1. The van der Waals surface area contributed by atoms with Crippen LogP contribution in [-0.2, 0) is 0 Å². The van der Waals surface area contributed by atoms with Gasteiger partial charge >= 0.3 is 0 Å². The maximum absolute atomic E-state index is 12.1. The predicted octanol–water partition coefficient (Wildman–Crippen LogP) is 4.00. The van der Waals surface area contributed by atoms with Gasteiger partial charge in [-0.2, -0.15) is 0 Å². The number of para-hydroxylation sites is 1. The Morgan fingerprint density at radius 3 is 2.64 bits per heavy atom. The molecule has 22 heavy (non-hydrogen) atoms. The van der Waals surface area contributed by atoms with Gasteiger partial charge in [0.05, 0.1) is 0 Å². The van der Waals surface area contributed by atoms with Crippen molar-refractivity contribution in [2.75, 3.05) is 0 Å². The lowest BCUT2D eigenvalue weighted by molar-refractivity contribution is 0.104. The highest BCUT2D eigenvalue weighted by atomic mass is 16.5. The molecule has 0 radical (unpaired) electrons. The number of phenols is 1. The van der Waals surface area contributed by atoms with Crippen molar-refractivity contribution in [3.05, 3.63) is 77.4 Å². The number of benzene rings is 2. The molecule has 3 rings (SSSR count). The van der Waals surface area contributed by atoms with Crippen molar-refractivity contribution in [3.8, 4) is 11.5 Å². The Balaban J connectivity index is 1.82. The molecule has 0 aromatic heterocycles. The van der Waals surface area contributed by atoms with Crippen molar-refractivity contribution in [2.45, 2.75) is 13.0 Å². The first-order valence-corrected chi connectivity index (χ1v) is 7.12. The number of carbonyl (C=O) groups excluding carboxylic acids is 1. The molecular formula is C19H16O3. The van der Waals surface area contributed by atoms with Crippen LogP contribution in [0.25, 0.3) is 6.08 Å². The molecule has 1 heterocycles. The second-order valence-corrected chi connectivity index (χ2v) is 5.19. The predicted molar refractivity (Wildman–Crippen MR) is 86.1 cm³/mol. The molecule has 0 unspecified atom stereocenters. The van der Waals surface area contributed by atoms with Gasteiger partial charge in [-0.1, -0.05) is 24.3 Å². The van der Waals surface area contributed by atoms with Crippen molar-refractivity contribution in [3.63, 3.8) is 0 Å². The molecule has 3 heteroatoms. The van der Waals surface area contributed by atoms with Crippen LogP contribution >= 0.6 is 0 Å². The molecule has 1 aliphatic rings. The summed E-state index contributed by atoms with van der Waals surface area (Å²) >= 11 is 0. The van der Waals surface area contributed by atoms with E-state index in [4.69, 9.17) is 4.74 Å². The number of aromatic hydroxyl groups is 1. The Bertz CT molecular complexity index is 755. The third-order valence-corrected chi connectivity index (χ3v) is 3.59. The summed E-state index contributed by atoms with van der Waals surface area (Å²) in [5.41, 5.74) is 2.50. The van der Waals surface area contributed by atoms with Gasteiger partial charge in [0, 0.05) is 11.1 Å². The molecule has 1 N–H and O–H groups in total. The molecule has 0 amide bonds. The fourth-order valence-electron chi connectivity index (χ4n) is 2.34. The zero-order valence-electron chi connectivity index (χ0n) is 12.2. The molecule has 2 aromatic carbocycles. The van der Waals surface area contributed by atoms with Gasteiger partial charge in [0.1, 0.15) is 17.6 Å². The zero-order valence-corrected chi connectivity index (χ0v) is 12.2. The number of rotatable bonds is 3. The second kappa shape index (κ2) is 5.90. The van der Waals surface area contributed by atoms with Crippen molar-refractivity contribution < 1.29 is 14.6 Å². The molecular weight excluding hydrogens is 276 g/mol. The first-order chi connectivity index (χ1) is 10.6. The van der Waals surface area contributed by atoms with E-state index < -0.39 is 0 Å². The lowest BCUT2D eigenvalue weighted by Crippen LogP contribution is -2.17. The minimum absolute atomic E-state index is 0.0984. The Kier molecular flexibility index (Phi) is 3.79. The lowest BCUT2D eigenvalue weighted by atomic mass is 10.0. The van der Waals surface area contributed by atoms with E-state index >= 15 is 0 Å². The number of hydrogen-bond donors (Lipinski definition) is 1. The smallest absolute Gasteiger partial charge is 0.185 e. The molecule has 0 saturated carbocycles. The van der Waals surface area contributed by atoms with E-state index in [2.05, 4.69) is 0 Å². The van der Waals surface area contributed by atoms with Crippen LogP contribution in [0.2, 0.25) is 0 Å². The van der Waals surface area contributed by atoms with Crippen LogP contribution in [0.4, 0.5) is 0 Å². The van der Waals surface area contributed by atoms with Gasteiger partial charge in [0.15, 0.2) is 5.78 Å². The monoisotopic (exact) mass is 292 g/mol. The van der Waals surface area contributed by atoms with E-state index in [0.717, 1.165) is 16.9 Å². The van der Waals surface area contributed by atoms with Gasteiger partial charge in [0.25, 0.3) is 0 Å². The average Bonchev–Trinajstić information content (AvgIpc) is 2.53. The summed E-state index contributed by atoms with van der Waals surface area (Å²) in [6, 6.07) is 14.0. The average molecular weight is 292 g/mol. The first kappa shape index (κ1) is 14.1. The fraction of sp³-hybridized carbons (Fsp3) is 0.105. The topological polar surface area (TPSA) is 46.5 Å². The van der Waals surface area contributed by atoms with Crippen LogP contribution in [0.15, 0.2) is 66.3 Å². The van der Waals surface area contributed by atoms with Crippen LogP contribution in [0.5, 0.6) is 11.5 Å². The Labute approximate surface area is 129 Å².